The third-order valence-electron chi connectivity index (χ3n) is 3.79. The van der Waals surface area contributed by atoms with Gasteiger partial charge in [0.1, 0.15) is 6.61 Å². The first-order chi connectivity index (χ1) is 13.6. The molecule has 0 aliphatic rings. The third kappa shape index (κ3) is 7.15. The van der Waals surface area contributed by atoms with Crippen LogP contribution in [0, 0.1) is 0 Å². The SMILES string of the molecule is CCOc1cc(/C=C/C(=O)NCCC(=O)OC)ccc1OCc1ccccc1. The van der Waals surface area contributed by atoms with Crippen LogP contribution in [0.25, 0.3) is 6.08 Å². The maximum atomic E-state index is 11.8. The number of hydrogen-bond donors (Lipinski definition) is 1. The van der Waals surface area contributed by atoms with Crippen LogP contribution in [0.5, 0.6) is 11.5 Å². The lowest BCUT2D eigenvalue weighted by atomic mass is 10.2. The van der Waals surface area contributed by atoms with Crippen LogP contribution in [0.2, 0.25) is 0 Å². The Morgan fingerprint density at radius 2 is 1.82 bits per heavy atom. The first-order valence-electron chi connectivity index (χ1n) is 9.08. The van der Waals surface area contributed by atoms with E-state index in [2.05, 4.69) is 10.1 Å². The summed E-state index contributed by atoms with van der Waals surface area (Å²) in [4.78, 5) is 22.8. The summed E-state index contributed by atoms with van der Waals surface area (Å²) in [6.45, 7) is 3.08. The molecule has 0 aromatic heterocycles. The molecule has 0 bridgehead atoms. The molecule has 28 heavy (non-hydrogen) atoms. The first-order valence-corrected chi connectivity index (χ1v) is 9.08. The van der Waals surface area contributed by atoms with Gasteiger partial charge in [-0.15, -0.1) is 0 Å². The van der Waals surface area contributed by atoms with E-state index < -0.39 is 0 Å². The second-order valence-corrected chi connectivity index (χ2v) is 5.86. The molecule has 148 valence electrons. The van der Waals surface area contributed by atoms with Crippen molar-refractivity contribution in [2.75, 3.05) is 20.3 Å². The molecule has 2 rings (SSSR count). The molecule has 0 heterocycles. The van der Waals surface area contributed by atoms with Crippen molar-refractivity contribution in [1.29, 1.82) is 0 Å². The lowest BCUT2D eigenvalue weighted by molar-refractivity contribution is -0.140. The van der Waals surface area contributed by atoms with E-state index >= 15 is 0 Å². The van der Waals surface area contributed by atoms with E-state index in [9.17, 15) is 9.59 Å². The molecule has 2 aromatic carbocycles. The Balaban J connectivity index is 1.96. The Hall–Kier alpha value is -3.28. The lowest BCUT2D eigenvalue weighted by Gasteiger charge is -2.12. The van der Waals surface area contributed by atoms with Crippen molar-refractivity contribution in [2.24, 2.45) is 0 Å². The van der Waals surface area contributed by atoms with E-state index in [-0.39, 0.29) is 24.8 Å². The van der Waals surface area contributed by atoms with Crippen LogP contribution in [-0.2, 0) is 20.9 Å². The van der Waals surface area contributed by atoms with Gasteiger partial charge in [-0.2, -0.15) is 0 Å². The molecule has 0 fully saturated rings. The molecule has 0 saturated heterocycles. The minimum absolute atomic E-state index is 0.137. The number of hydrogen-bond acceptors (Lipinski definition) is 5. The van der Waals surface area contributed by atoms with E-state index in [4.69, 9.17) is 9.47 Å². The summed E-state index contributed by atoms with van der Waals surface area (Å²) in [5.74, 6) is 0.611. The van der Waals surface area contributed by atoms with Gasteiger partial charge in [-0.05, 0) is 36.3 Å². The zero-order chi connectivity index (χ0) is 20.2. The van der Waals surface area contributed by atoms with Gasteiger partial charge >= 0.3 is 5.97 Å². The summed E-state index contributed by atoms with van der Waals surface area (Å²) in [7, 11) is 1.31. The minimum Gasteiger partial charge on any atom is -0.490 e. The number of benzene rings is 2. The number of carbonyl (C=O) groups is 2. The Kier molecular flexibility index (Phi) is 8.59. The minimum atomic E-state index is -0.364. The summed E-state index contributed by atoms with van der Waals surface area (Å²) < 4.78 is 16.1. The number of carbonyl (C=O) groups excluding carboxylic acids is 2. The lowest BCUT2D eigenvalue weighted by Crippen LogP contribution is -2.24. The summed E-state index contributed by atoms with van der Waals surface area (Å²) in [5, 5.41) is 2.63. The zero-order valence-electron chi connectivity index (χ0n) is 16.1. The highest BCUT2D eigenvalue weighted by atomic mass is 16.5. The van der Waals surface area contributed by atoms with E-state index in [1.165, 1.54) is 13.2 Å². The topological polar surface area (TPSA) is 73.9 Å². The Bertz CT molecular complexity index is 802. The Morgan fingerprint density at radius 1 is 1.04 bits per heavy atom. The number of ether oxygens (including phenoxy) is 3. The molecule has 0 atom stereocenters. The molecule has 1 N–H and O–H groups in total. The van der Waals surface area contributed by atoms with Gasteiger partial charge in [0.15, 0.2) is 11.5 Å². The van der Waals surface area contributed by atoms with E-state index in [1.54, 1.807) is 6.08 Å². The number of methoxy groups -OCH3 is 1. The highest BCUT2D eigenvalue weighted by molar-refractivity contribution is 5.92. The van der Waals surface area contributed by atoms with Crippen molar-refractivity contribution in [3.63, 3.8) is 0 Å². The predicted octanol–water partition coefficient (Wildman–Crippen LogP) is 3.36. The van der Waals surface area contributed by atoms with Crippen LogP contribution in [0.1, 0.15) is 24.5 Å². The fourth-order valence-corrected chi connectivity index (χ4v) is 2.37. The van der Waals surface area contributed by atoms with Gasteiger partial charge in [0, 0.05) is 12.6 Å². The maximum absolute atomic E-state index is 11.8. The molecular weight excluding hydrogens is 358 g/mol. The molecule has 0 spiro atoms. The normalized spacial score (nSPS) is 10.5. The molecule has 6 heteroatoms. The van der Waals surface area contributed by atoms with Gasteiger partial charge in [-0.3, -0.25) is 9.59 Å². The molecule has 6 nitrogen and oxygen atoms in total. The number of rotatable bonds is 10. The van der Waals surface area contributed by atoms with Crippen molar-refractivity contribution in [3.8, 4) is 11.5 Å². The smallest absolute Gasteiger partial charge is 0.307 e. The summed E-state index contributed by atoms with van der Waals surface area (Å²) >= 11 is 0. The molecule has 0 aliphatic heterocycles. The summed E-state index contributed by atoms with van der Waals surface area (Å²) in [5.41, 5.74) is 1.87. The first kappa shape index (κ1) is 21.0. The van der Waals surface area contributed by atoms with Gasteiger partial charge in [0.05, 0.1) is 20.1 Å². The summed E-state index contributed by atoms with van der Waals surface area (Å²) in [6.07, 6.45) is 3.22. The monoisotopic (exact) mass is 383 g/mol. The molecule has 0 radical (unpaired) electrons. The number of nitrogens with one attached hydrogen (secondary N) is 1. The highest BCUT2D eigenvalue weighted by Gasteiger charge is 2.07. The quantitative estimate of drug-likeness (QED) is 0.503. The van der Waals surface area contributed by atoms with Crippen molar-refractivity contribution in [1.82, 2.24) is 5.32 Å². The van der Waals surface area contributed by atoms with Crippen LogP contribution in [0.4, 0.5) is 0 Å². The van der Waals surface area contributed by atoms with Crippen molar-refractivity contribution < 1.29 is 23.8 Å². The van der Waals surface area contributed by atoms with Crippen LogP contribution in [-0.4, -0.2) is 32.1 Å². The van der Waals surface area contributed by atoms with Gasteiger partial charge < -0.3 is 19.5 Å². The average molecular weight is 383 g/mol. The van der Waals surface area contributed by atoms with Gasteiger partial charge in [-0.25, -0.2) is 0 Å². The molecule has 0 aliphatic carbocycles. The van der Waals surface area contributed by atoms with Gasteiger partial charge in [0.25, 0.3) is 0 Å². The third-order valence-corrected chi connectivity index (χ3v) is 3.79. The van der Waals surface area contributed by atoms with Gasteiger partial charge in [0.2, 0.25) is 5.91 Å². The fraction of sp³-hybridized carbons (Fsp3) is 0.273. The molecular formula is C22H25NO5. The zero-order valence-corrected chi connectivity index (χ0v) is 16.1. The molecule has 0 saturated carbocycles. The maximum Gasteiger partial charge on any atom is 0.307 e. The predicted molar refractivity (Wildman–Crippen MR) is 107 cm³/mol. The molecule has 1 amide bonds. The Labute approximate surface area is 165 Å². The van der Waals surface area contributed by atoms with Crippen molar-refractivity contribution >= 4 is 18.0 Å². The molecule has 0 unspecified atom stereocenters. The second-order valence-electron chi connectivity index (χ2n) is 5.86. The fourth-order valence-electron chi connectivity index (χ4n) is 2.37. The van der Waals surface area contributed by atoms with Crippen LogP contribution >= 0.6 is 0 Å². The largest absolute Gasteiger partial charge is 0.490 e. The molecule has 2 aromatic rings. The van der Waals surface area contributed by atoms with Crippen LogP contribution in [0.15, 0.2) is 54.6 Å². The number of esters is 1. The van der Waals surface area contributed by atoms with E-state index in [1.807, 2.05) is 55.5 Å². The second kappa shape index (κ2) is 11.4. The van der Waals surface area contributed by atoms with Crippen molar-refractivity contribution in [2.45, 2.75) is 20.0 Å². The Morgan fingerprint density at radius 3 is 2.54 bits per heavy atom. The number of amides is 1. The van der Waals surface area contributed by atoms with E-state index in [0.717, 1.165) is 11.1 Å². The van der Waals surface area contributed by atoms with E-state index in [0.29, 0.717) is 24.7 Å². The van der Waals surface area contributed by atoms with Crippen LogP contribution < -0.4 is 14.8 Å². The van der Waals surface area contributed by atoms with Crippen molar-refractivity contribution in [3.05, 3.63) is 65.7 Å². The average Bonchev–Trinajstić information content (AvgIpc) is 2.72. The summed E-state index contributed by atoms with van der Waals surface area (Å²) in [6, 6.07) is 15.4. The highest BCUT2D eigenvalue weighted by Crippen LogP contribution is 2.29. The van der Waals surface area contributed by atoms with Gasteiger partial charge in [-0.1, -0.05) is 36.4 Å². The van der Waals surface area contributed by atoms with Crippen LogP contribution in [0.3, 0.4) is 0 Å². The standard InChI is InChI=1S/C22H25NO5/c1-3-27-20-15-17(10-12-21(24)23-14-13-22(25)26-2)9-11-19(20)28-16-18-7-5-4-6-8-18/h4-12,15H,3,13-14,16H2,1-2H3,(H,23,24)/b12-10+.